The molecule has 0 spiro atoms. The molecular weight excluding hydrogens is 430 g/mol. The number of aryl methyl sites for hydroxylation is 4. The molecule has 0 N–H and O–H groups in total. The molecule has 3 heterocycles. The minimum atomic E-state index is -3.60. The van der Waals surface area contributed by atoms with Crippen molar-refractivity contribution >= 4 is 39.6 Å². The SMILES string of the molecule is Cc1noc(C)c1/C=C1\CN(S(=O)(=O)CCCCl)C/C(=C\c2c(C)noc2C)C1=O. The Morgan fingerprint density at radius 1 is 0.967 bits per heavy atom. The van der Waals surface area contributed by atoms with Crippen LogP contribution in [0, 0.1) is 27.7 Å². The number of rotatable bonds is 6. The molecule has 2 aromatic heterocycles. The third-order valence-corrected chi connectivity index (χ3v) is 7.14. The van der Waals surface area contributed by atoms with Crippen molar-refractivity contribution in [2.75, 3.05) is 24.7 Å². The van der Waals surface area contributed by atoms with Gasteiger partial charge in [-0.05, 0) is 46.3 Å². The van der Waals surface area contributed by atoms with E-state index in [-0.39, 0.29) is 30.5 Å². The van der Waals surface area contributed by atoms with Crippen molar-refractivity contribution in [1.29, 1.82) is 0 Å². The lowest BCUT2D eigenvalue weighted by molar-refractivity contribution is -0.113. The average Bonchev–Trinajstić information content (AvgIpc) is 3.19. The number of hydrogen-bond donors (Lipinski definition) is 0. The Bertz CT molecular complexity index is 1020. The highest BCUT2D eigenvalue weighted by Gasteiger charge is 2.33. The highest BCUT2D eigenvalue weighted by molar-refractivity contribution is 7.89. The molecule has 0 aromatic carbocycles. The van der Waals surface area contributed by atoms with E-state index in [0.717, 1.165) is 0 Å². The Morgan fingerprint density at radius 2 is 1.43 bits per heavy atom. The molecule has 1 aliphatic rings. The van der Waals surface area contributed by atoms with E-state index in [0.29, 0.717) is 51.6 Å². The van der Waals surface area contributed by atoms with E-state index in [1.165, 1.54) is 4.31 Å². The largest absolute Gasteiger partial charge is 0.361 e. The second-order valence-electron chi connectivity index (χ2n) is 7.27. The Morgan fingerprint density at radius 3 is 1.80 bits per heavy atom. The molecule has 1 aliphatic heterocycles. The van der Waals surface area contributed by atoms with Gasteiger partial charge in [0.05, 0.1) is 17.1 Å². The van der Waals surface area contributed by atoms with E-state index < -0.39 is 10.0 Å². The fourth-order valence-electron chi connectivity index (χ4n) is 3.31. The van der Waals surface area contributed by atoms with Crippen LogP contribution in [-0.2, 0) is 14.8 Å². The van der Waals surface area contributed by atoms with Gasteiger partial charge in [0.1, 0.15) is 11.5 Å². The summed E-state index contributed by atoms with van der Waals surface area (Å²) in [6.07, 6.45) is 3.65. The molecule has 30 heavy (non-hydrogen) atoms. The number of aromatic nitrogens is 2. The first-order valence-corrected chi connectivity index (χ1v) is 11.6. The molecule has 162 valence electrons. The predicted molar refractivity (Wildman–Crippen MR) is 114 cm³/mol. The second kappa shape index (κ2) is 8.87. The molecule has 8 nitrogen and oxygen atoms in total. The van der Waals surface area contributed by atoms with E-state index in [1.807, 2.05) is 0 Å². The Balaban J connectivity index is 2.08. The molecule has 0 aliphatic carbocycles. The monoisotopic (exact) mass is 453 g/mol. The van der Waals surface area contributed by atoms with Crippen LogP contribution in [0.5, 0.6) is 0 Å². The molecule has 1 saturated heterocycles. The van der Waals surface area contributed by atoms with Crippen molar-refractivity contribution in [2.45, 2.75) is 34.1 Å². The standard InChI is InChI=1S/C20H24ClN3O5S/c1-12-18(14(3)28-22-12)8-16-10-24(30(26,27)7-5-6-21)11-17(20(16)25)9-19-13(2)23-29-15(19)4/h8-9H,5-7,10-11H2,1-4H3/b16-8+,17-9+. The van der Waals surface area contributed by atoms with E-state index >= 15 is 0 Å². The summed E-state index contributed by atoms with van der Waals surface area (Å²) in [6, 6.07) is 0. The van der Waals surface area contributed by atoms with E-state index in [4.69, 9.17) is 20.6 Å². The molecule has 0 bridgehead atoms. The zero-order valence-corrected chi connectivity index (χ0v) is 18.9. The third-order valence-electron chi connectivity index (χ3n) is 5.02. The van der Waals surface area contributed by atoms with Gasteiger partial charge >= 0.3 is 0 Å². The van der Waals surface area contributed by atoms with Gasteiger partial charge in [-0.2, -0.15) is 4.31 Å². The van der Waals surface area contributed by atoms with Crippen molar-refractivity contribution in [1.82, 2.24) is 14.6 Å². The molecule has 10 heteroatoms. The first-order valence-electron chi connectivity index (χ1n) is 9.49. The summed E-state index contributed by atoms with van der Waals surface area (Å²) in [5.74, 6) is 1.06. The quantitative estimate of drug-likeness (QED) is 0.488. The van der Waals surface area contributed by atoms with Crippen molar-refractivity contribution in [3.63, 3.8) is 0 Å². The van der Waals surface area contributed by atoms with E-state index in [1.54, 1.807) is 39.8 Å². The van der Waals surface area contributed by atoms with Gasteiger partial charge in [0.2, 0.25) is 10.0 Å². The van der Waals surface area contributed by atoms with Crippen LogP contribution in [0.25, 0.3) is 12.2 Å². The summed E-state index contributed by atoms with van der Waals surface area (Å²) in [6.45, 7) is 6.99. The highest BCUT2D eigenvalue weighted by Crippen LogP contribution is 2.27. The van der Waals surface area contributed by atoms with E-state index in [2.05, 4.69) is 10.3 Å². The number of carbonyl (C=O) groups excluding carboxylic acids is 1. The topological polar surface area (TPSA) is 107 Å². The third kappa shape index (κ3) is 4.58. The number of ketones is 1. The maximum atomic E-state index is 13.2. The first-order chi connectivity index (χ1) is 14.1. The summed E-state index contributed by atoms with van der Waals surface area (Å²) in [7, 11) is -3.60. The summed E-state index contributed by atoms with van der Waals surface area (Å²) in [5, 5.41) is 7.81. The van der Waals surface area contributed by atoms with Gasteiger partial charge in [0.15, 0.2) is 5.78 Å². The van der Waals surface area contributed by atoms with Gasteiger partial charge in [0.25, 0.3) is 0 Å². The number of sulfonamides is 1. The molecule has 0 saturated carbocycles. The molecule has 0 radical (unpaired) electrons. The zero-order valence-electron chi connectivity index (χ0n) is 17.4. The lowest BCUT2D eigenvalue weighted by Crippen LogP contribution is -2.42. The van der Waals surface area contributed by atoms with Crippen molar-refractivity contribution < 1.29 is 22.3 Å². The number of Topliss-reactive ketones (excluding diaryl/α,β-unsaturated/α-hetero) is 1. The molecule has 2 aromatic rings. The maximum Gasteiger partial charge on any atom is 0.214 e. The second-order valence-corrected chi connectivity index (χ2v) is 9.74. The summed E-state index contributed by atoms with van der Waals surface area (Å²) >= 11 is 5.69. The van der Waals surface area contributed by atoms with Crippen LogP contribution < -0.4 is 0 Å². The van der Waals surface area contributed by atoms with Crippen LogP contribution in [0.15, 0.2) is 20.2 Å². The number of hydrogen-bond acceptors (Lipinski definition) is 7. The molecule has 0 amide bonds. The van der Waals surface area contributed by atoms with Crippen LogP contribution >= 0.6 is 11.6 Å². The van der Waals surface area contributed by atoms with Crippen molar-refractivity contribution in [2.24, 2.45) is 0 Å². The Kier molecular flexibility index (Phi) is 6.64. The number of halogens is 1. The summed E-state index contributed by atoms with van der Waals surface area (Å²) in [5.41, 5.74) is 3.31. The first kappa shape index (κ1) is 22.5. The Labute approximate surface area is 180 Å². The van der Waals surface area contributed by atoms with Crippen molar-refractivity contribution in [3.05, 3.63) is 45.2 Å². The zero-order chi connectivity index (χ0) is 22.1. The average molecular weight is 454 g/mol. The lowest BCUT2D eigenvalue weighted by atomic mass is 9.95. The van der Waals surface area contributed by atoms with Crippen LogP contribution in [-0.4, -0.2) is 53.5 Å². The van der Waals surface area contributed by atoms with Crippen LogP contribution in [0.2, 0.25) is 0 Å². The van der Waals surface area contributed by atoms with Crippen LogP contribution in [0.4, 0.5) is 0 Å². The van der Waals surface area contributed by atoms with Gasteiger partial charge in [0, 0.05) is 41.2 Å². The van der Waals surface area contributed by atoms with Gasteiger partial charge in [-0.3, -0.25) is 4.79 Å². The molecule has 0 atom stereocenters. The molecular formula is C20H24ClN3O5S. The molecule has 0 unspecified atom stereocenters. The van der Waals surface area contributed by atoms with Gasteiger partial charge < -0.3 is 9.05 Å². The molecule has 1 fully saturated rings. The normalized spacial score (nSPS) is 18.6. The van der Waals surface area contributed by atoms with Crippen LogP contribution in [0.3, 0.4) is 0 Å². The lowest BCUT2D eigenvalue weighted by Gasteiger charge is -2.29. The number of piperidine rings is 1. The Hall–Kier alpha value is -2.23. The maximum absolute atomic E-state index is 13.2. The number of nitrogens with zero attached hydrogens (tertiary/aromatic N) is 3. The minimum Gasteiger partial charge on any atom is -0.361 e. The fraction of sp³-hybridized carbons (Fsp3) is 0.450. The minimum absolute atomic E-state index is 0.0214. The highest BCUT2D eigenvalue weighted by atomic mass is 35.5. The van der Waals surface area contributed by atoms with Gasteiger partial charge in [-0.1, -0.05) is 10.3 Å². The number of alkyl halides is 1. The molecule has 3 rings (SSSR count). The summed E-state index contributed by atoms with van der Waals surface area (Å²) in [4.78, 5) is 13.2. The van der Waals surface area contributed by atoms with Gasteiger partial charge in [-0.15, -0.1) is 11.6 Å². The van der Waals surface area contributed by atoms with Crippen LogP contribution in [0.1, 0.15) is 40.5 Å². The smallest absolute Gasteiger partial charge is 0.214 e. The fourth-order valence-corrected chi connectivity index (χ4v) is 5.04. The number of carbonyl (C=O) groups is 1. The predicted octanol–water partition coefficient (Wildman–Crippen LogP) is 3.21. The van der Waals surface area contributed by atoms with E-state index in [9.17, 15) is 13.2 Å². The van der Waals surface area contributed by atoms with Crippen molar-refractivity contribution in [3.8, 4) is 0 Å². The summed E-state index contributed by atoms with van der Waals surface area (Å²) < 4.78 is 37.4. The van der Waals surface area contributed by atoms with Gasteiger partial charge in [-0.25, -0.2) is 8.42 Å².